The molecule has 0 spiro atoms. The molecule has 0 atom stereocenters. The van der Waals surface area contributed by atoms with Crippen LogP contribution in [0.25, 0.3) is 0 Å². The summed E-state index contributed by atoms with van der Waals surface area (Å²) in [6.45, 7) is 7.03. The minimum absolute atomic E-state index is 0.128. The highest BCUT2D eigenvalue weighted by Gasteiger charge is 2.27. The first-order chi connectivity index (χ1) is 15.4. The first-order valence-electron chi connectivity index (χ1n) is 11.7. The number of ether oxygens (including phenoxy) is 3. The van der Waals surface area contributed by atoms with Gasteiger partial charge in [-0.25, -0.2) is 4.79 Å². The third-order valence-electron chi connectivity index (χ3n) is 5.69. The summed E-state index contributed by atoms with van der Waals surface area (Å²) in [5, 5.41) is 0. The zero-order valence-electron chi connectivity index (χ0n) is 19.9. The Morgan fingerprint density at radius 3 is 2.00 bits per heavy atom. The van der Waals surface area contributed by atoms with Gasteiger partial charge in [0.25, 0.3) is 0 Å². The van der Waals surface area contributed by atoms with Gasteiger partial charge in [0.05, 0.1) is 7.11 Å². The Kier molecular flexibility index (Phi) is 8.43. The maximum absolute atomic E-state index is 12.3. The third-order valence-corrected chi connectivity index (χ3v) is 5.69. The van der Waals surface area contributed by atoms with Crippen molar-refractivity contribution in [1.82, 2.24) is 4.90 Å². The van der Waals surface area contributed by atoms with Crippen LogP contribution in [0.15, 0.2) is 48.5 Å². The molecule has 5 nitrogen and oxygen atoms in total. The van der Waals surface area contributed by atoms with Gasteiger partial charge in [-0.2, -0.15) is 0 Å². The van der Waals surface area contributed by atoms with Crippen molar-refractivity contribution in [2.75, 3.05) is 20.2 Å². The van der Waals surface area contributed by atoms with Crippen LogP contribution in [0.4, 0.5) is 4.79 Å². The summed E-state index contributed by atoms with van der Waals surface area (Å²) < 4.78 is 17.3. The fourth-order valence-electron chi connectivity index (χ4n) is 4.03. The Labute approximate surface area is 192 Å². The van der Waals surface area contributed by atoms with Gasteiger partial charge in [-0.1, -0.05) is 36.4 Å². The second-order valence-electron chi connectivity index (χ2n) is 9.41. The molecule has 1 amide bonds. The highest BCUT2D eigenvalue weighted by atomic mass is 16.6. The van der Waals surface area contributed by atoms with Crippen molar-refractivity contribution >= 4 is 6.09 Å². The number of nitrogens with zero attached hydrogens (tertiary/aromatic N) is 1. The molecular formula is C27H37NO4. The van der Waals surface area contributed by atoms with Gasteiger partial charge in [0, 0.05) is 25.9 Å². The Bertz CT molecular complexity index is 866. The SMILES string of the molecule is COc1ccccc1CCCCc1ccccc1OC1CCN(C(=O)OC(C)(C)C)CC1. The van der Waals surface area contributed by atoms with Gasteiger partial charge in [-0.15, -0.1) is 0 Å². The lowest BCUT2D eigenvalue weighted by atomic mass is 10.0. The maximum atomic E-state index is 12.3. The Balaban J connectivity index is 1.47. The topological polar surface area (TPSA) is 48.0 Å². The molecule has 174 valence electrons. The minimum Gasteiger partial charge on any atom is -0.496 e. The predicted molar refractivity (Wildman–Crippen MR) is 128 cm³/mol. The fourth-order valence-corrected chi connectivity index (χ4v) is 4.03. The first kappa shape index (κ1) is 24.0. The Morgan fingerprint density at radius 2 is 1.44 bits per heavy atom. The molecule has 1 saturated heterocycles. The van der Waals surface area contributed by atoms with E-state index in [4.69, 9.17) is 14.2 Å². The smallest absolute Gasteiger partial charge is 0.410 e. The van der Waals surface area contributed by atoms with E-state index in [1.807, 2.05) is 39.0 Å². The van der Waals surface area contributed by atoms with E-state index in [0.29, 0.717) is 13.1 Å². The van der Waals surface area contributed by atoms with E-state index in [0.717, 1.165) is 50.0 Å². The van der Waals surface area contributed by atoms with Crippen LogP contribution in [0.5, 0.6) is 11.5 Å². The molecule has 0 bridgehead atoms. The van der Waals surface area contributed by atoms with Crippen LogP contribution >= 0.6 is 0 Å². The van der Waals surface area contributed by atoms with Gasteiger partial charge < -0.3 is 19.1 Å². The molecule has 1 fully saturated rings. The molecule has 0 saturated carbocycles. The Morgan fingerprint density at radius 1 is 0.906 bits per heavy atom. The molecule has 0 radical (unpaired) electrons. The van der Waals surface area contributed by atoms with Gasteiger partial charge in [-0.3, -0.25) is 0 Å². The first-order valence-corrected chi connectivity index (χ1v) is 11.7. The molecule has 0 unspecified atom stereocenters. The number of carbonyl (C=O) groups is 1. The number of piperidine rings is 1. The summed E-state index contributed by atoms with van der Waals surface area (Å²) in [4.78, 5) is 14.1. The van der Waals surface area contributed by atoms with Crippen LogP contribution in [-0.2, 0) is 17.6 Å². The molecule has 1 heterocycles. The largest absolute Gasteiger partial charge is 0.496 e. The van der Waals surface area contributed by atoms with Crippen molar-refractivity contribution < 1.29 is 19.0 Å². The van der Waals surface area contributed by atoms with Crippen LogP contribution in [0.2, 0.25) is 0 Å². The molecule has 1 aliphatic rings. The van der Waals surface area contributed by atoms with Crippen LogP contribution in [0, 0.1) is 0 Å². The van der Waals surface area contributed by atoms with Crippen molar-refractivity contribution in [3.05, 3.63) is 59.7 Å². The highest BCUT2D eigenvalue weighted by Crippen LogP contribution is 2.26. The lowest BCUT2D eigenvalue weighted by Gasteiger charge is -2.33. The molecular weight excluding hydrogens is 402 g/mol. The van der Waals surface area contributed by atoms with Gasteiger partial charge in [0.1, 0.15) is 23.2 Å². The number of rotatable bonds is 8. The summed E-state index contributed by atoms with van der Waals surface area (Å²) >= 11 is 0. The van der Waals surface area contributed by atoms with Gasteiger partial charge >= 0.3 is 6.09 Å². The quantitative estimate of drug-likeness (QED) is 0.471. The number of hydrogen-bond acceptors (Lipinski definition) is 4. The number of carbonyl (C=O) groups excluding carboxylic acids is 1. The van der Waals surface area contributed by atoms with Gasteiger partial charge in [-0.05, 0) is 69.7 Å². The highest BCUT2D eigenvalue weighted by molar-refractivity contribution is 5.68. The van der Waals surface area contributed by atoms with E-state index in [9.17, 15) is 4.79 Å². The summed E-state index contributed by atoms with van der Waals surface area (Å²) in [6.07, 6.45) is 5.73. The van der Waals surface area contributed by atoms with E-state index in [1.165, 1.54) is 11.1 Å². The van der Waals surface area contributed by atoms with Crippen molar-refractivity contribution in [2.24, 2.45) is 0 Å². The number of amides is 1. The van der Waals surface area contributed by atoms with Crippen molar-refractivity contribution in [1.29, 1.82) is 0 Å². The average molecular weight is 440 g/mol. The van der Waals surface area contributed by atoms with Gasteiger partial charge in [0.15, 0.2) is 0 Å². The van der Waals surface area contributed by atoms with Crippen LogP contribution in [-0.4, -0.2) is 42.9 Å². The van der Waals surface area contributed by atoms with Crippen LogP contribution in [0.1, 0.15) is 57.6 Å². The molecule has 32 heavy (non-hydrogen) atoms. The predicted octanol–water partition coefficient (Wildman–Crippen LogP) is 6.04. The van der Waals surface area contributed by atoms with Crippen molar-refractivity contribution in [3.63, 3.8) is 0 Å². The van der Waals surface area contributed by atoms with Crippen molar-refractivity contribution in [2.45, 2.75) is 71.0 Å². The zero-order chi connectivity index (χ0) is 23.0. The third kappa shape index (κ3) is 7.18. The van der Waals surface area contributed by atoms with Gasteiger partial charge in [0.2, 0.25) is 0 Å². The number of unbranched alkanes of at least 4 members (excludes halogenated alkanes) is 1. The molecule has 0 N–H and O–H groups in total. The minimum atomic E-state index is -0.463. The van der Waals surface area contributed by atoms with E-state index in [2.05, 4.69) is 30.3 Å². The normalized spacial score (nSPS) is 14.8. The van der Waals surface area contributed by atoms with E-state index < -0.39 is 5.60 Å². The number of para-hydroxylation sites is 2. The average Bonchev–Trinajstić information content (AvgIpc) is 2.77. The summed E-state index contributed by atoms with van der Waals surface area (Å²) in [5.41, 5.74) is 2.05. The van der Waals surface area contributed by atoms with Crippen LogP contribution in [0.3, 0.4) is 0 Å². The molecule has 1 aliphatic heterocycles. The summed E-state index contributed by atoms with van der Waals surface area (Å²) in [6, 6.07) is 16.6. The number of methoxy groups -OCH3 is 1. The lowest BCUT2D eigenvalue weighted by molar-refractivity contribution is 0.0126. The number of benzene rings is 2. The van der Waals surface area contributed by atoms with E-state index in [-0.39, 0.29) is 12.2 Å². The van der Waals surface area contributed by atoms with E-state index >= 15 is 0 Å². The monoisotopic (exact) mass is 439 g/mol. The zero-order valence-corrected chi connectivity index (χ0v) is 19.9. The number of aryl methyl sites for hydroxylation is 2. The molecule has 0 aromatic heterocycles. The molecule has 0 aliphatic carbocycles. The summed E-state index contributed by atoms with van der Waals surface area (Å²) in [5.74, 6) is 1.94. The number of hydrogen-bond donors (Lipinski definition) is 0. The molecule has 3 rings (SSSR count). The Hall–Kier alpha value is -2.69. The van der Waals surface area contributed by atoms with Crippen LogP contribution < -0.4 is 9.47 Å². The second-order valence-corrected chi connectivity index (χ2v) is 9.41. The molecule has 5 heteroatoms. The summed E-state index contributed by atoms with van der Waals surface area (Å²) in [7, 11) is 1.73. The fraction of sp³-hybridized carbons (Fsp3) is 0.519. The standard InChI is InChI=1S/C27H37NO4/c1-27(2,3)32-26(29)28-19-17-23(18-20-28)31-25-16-10-8-14-22(25)13-6-5-11-21-12-7-9-15-24(21)30-4/h7-10,12,14-16,23H,5-6,11,13,17-20H2,1-4H3. The lowest BCUT2D eigenvalue weighted by Crippen LogP contribution is -2.44. The second kappa shape index (κ2) is 11.3. The molecule has 2 aromatic carbocycles. The number of likely N-dealkylation sites (tertiary alicyclic amines) is 1. The van der Waals surface area contributed by atoms with Crippen molar-refractivity contribution in [3.8, 4) is 11.5 Å². The molecule has 2 aromatic rings. The van der Waals surface area contributed by atoms with E-state index in [1.54, 1.807) is 12.0 Å². The maximum Gasteiger partial charge on any atom is 0.410 e.